The predicted octanol–water partition coefficient (Wildman–Crippen LogP) is 3.72. The molecule has 0 aliphatic rings. The lowest BCUT2D eigenvalue weighted by molar-refractivity contribution is 0.598. The summed E-state index contributed by atoms with van der Waals surface area (Å²) in [4.78, 5) is 12.0. The van der Waals surface area contributed by atoms with Gasteiger partial charge in [-0.25, -0.2) is 22.9 Å². The average molecular weight is 465 g/mol. The van der Waals surface area contributed by atoms with E-state index >= 15 is 0 Å². The summed E-state index contributed by atoms with van der Waals surface area (Å²) in [7, 11) is -3.85. The molecule has 33 heavy (non-hydrogen) atoms. The van der Waals surface area contributed by atoms with Crippen LogP contribution in [0, 0.1) is 5.82 Å². The first kappa shape index (κ1) is 22.3. The molecule has 4 aromatic rings. The number of nitrogens with one attached hydrogen (secondary N) is 2. The van der Waals surface area contributed by atoms with Crippen LogP contribution in [0.1, 0.15) is 5.56 Å². The molecule has 10 heteroatoms. The second-order valence-corrected chi connectivity index (χ2v) is 8.76. The Morgan fingerprint density at radius 1 is 0.970 bits per heavy atom. The van der Waals surface area contributed by atoms with E-state index in [1.807, 2.05) is 36.4 Å². The zero-order valence-electron chi connectivity index (χ0n) is 17.4. The molecule has 8 nitrogen and oxygen atoms in total. The Morgan fingerprint density at radius 3 is 2.42 bits per heavy atom. The Kier molecular flexibility index (Phi) is 6.57. The third-order valence-electron chi connectivity index (χ3n) is 4.84. The van der Waals surface area contributed by atoms with Crippen LogP contribution in [-0.4, -0.2) is 29.9 Å². The highest BCUT2D eigenvalue weighted by Gasteiger charge is 2.10. The Morgan fingerprint density at radius 2 is 1.70 bits per heavy atom. The van der Waals surface area contributed by atoms with Crippen molar-refractivity contribution in [3.8, 4) is 11.1 Å². The number of nitrogens with zero attached hydrogens (tertiary/aromatic N) is 3. The summed E-state index contributed by atoms with van der Waals surface area (Å²) < 4.78 is 37.2. The Hall–Kier alpha value is -3.89. The summed E-state index contributed by atoms with van der Waals surface area (Å²) in [5.41, 5.74) is 3.69. The smallest absolute Gasteiger partial charge is 0.238 e. The summed E-state index contributed by atoms with van der Waals surface area (Å²) in [5, 5.41) is 11.0. The van der Waals surface area contributed by atoms with Gasteiger partial charge in [-0.15, -0.1) is 0 Å². The van der Waals surface area contributed by atoms with Gasteiger partial charge in [0.1, 0.15) is 0 Å². The predicted molar refractivity (Wildman–Crippen MR) is 125 cm³/mol. The zero-order valence-corrected chi connectivity index (χ0v) is 18.3. The van der Waals surface area contributed by atoms with Crippen LogP contribution in [0.4, 0.5) is 21.8 Å². The van der Waals surface area contributed by atoms with Crippen molar-refractivity contribution in [1.82, 2.24) is 15.0 Å². The fourth-order valence-corrected chi connectivity index (χ4v) is 3.72. The van der Waals surface area contributed by atoms with Gasteiger partial charge in [-0.2, -0.15) is 4.98 Å². The minimum atomic E-state index is -3.85. The van der Waals surface area contributed by atoms with Crippen LogP contribution < -0.4 is 15.8 Å². The summed E-state index contributed by atoms with van der Waals surface area (Å²) in [6.45, 7) is 0.461. The first-order valence-electron chi connectivity index (χ1n) is 10.0. The number of hydrogen-bond acceptors (Lipinski definition) is 7. The molecule has 0 saturated heterocycles. The second kappa shape index (κ2) is 9.72. The maximum absolute atomic E-state index is 14.2. The third kappa shape index (κ3) is 5.88. The molecule has 0 unspecified atom stereocenters. The van der Waals surface area contributed by atoms with E-state index in [1.54, 1.807) is 18.5 Å². The molecule has 0 aliphatic heterocycles. The van der Waals surface area contributed by atoms with Gasteiger partial charge in [0, 0.05) is 24.6 Å². The molecule has 0 aliphatic carbocycles. The minimum absolute atomic E-state index is 0.0449. The highest BCUT2D eigenvalue weighted by atomic mass is 32.2. The summed E-state index contributed by atoms with van der Waals surface area (Å²) in [5.74, 6) is -0.428. The fourth-order valence-electron chi connectivity index (χ4n) is 3.16. The van der Waals surface area contributed by atoms with E-state index in [4.69, 9.17) is 5.14 Å². The number of hydrogen-bond donors (Lipinski definition) is 3. The van der Waals surface area contributed by atoms with E-state index in [0.29, 0.717) is 18.7 Å². The van der Waals surface area contributed by atoms with Crippen molar-refractivity contribution in [3.63, 3.8) is 0 Å². The summed E-state index contributed by atoms with van der Waals surface area (Å²) in [6.07, 6.45) is 5.22. The molecule has 0 spiro atoms. The molecule has 2 heterocycles. The molecular weight excluding hydrogens is 443 g/mol. The zero-order chi connectivity index (χ0) is 23.3. The lowest BCUT2D eigenvalue weighted by Gasteiger charge is -2.10. The van der Waals surface area contributed by atoms with Crippen molar-refractivity contribution >= 4 is 27.5 Å². The van der Waals surface area contributed by atoms with E-state index in [9.17, 15) is 12.8 Å². The van der Waals surface area contributed by atoms with Gasteiger partial charge < -0.3 is 10.6 Å². The number of sulfonamides is 1. The van der Waals surface area contributed by atoms with E-state index in [0.717, 1.165) is 22.9 Å². The molecule has 0 amide bonds. The second-order valence-electron chi connectivity index (χ2n) is 7.20. The number of halogens is 1. The molecule has 0 radical (unpaired) electrons. The summed E-state index contributed by atoms with van der Waals surface area (Å²) >= 11 is 0. The van der Waals surface area contributed by atoms with Crippen molar-refractivity contribution in [2.45, 2.75) is 11.3 Å². The van der Waals surface area contributed by atoms with Gasteiger partial charge in [0.15, 0.2) is 11.6 Å². The highest BCUT2D eigenvalue weighted by molar-refractivity contribution is 7.89. The van der Waals surface area contributed by atoms with Crippen molar-refractivity contribution in [3.05, 3.63) is 90.6 Å². The van der Waals surface area contributed by atoms with Gasteiger partial charge in [0.2, 0.25) is 16.0 Å². The van der Waals surface area contributed by atoms with Gasteiger partial charge in [-0.1, -0.05) is 30.3 Å². The molecule has 0 atom stereocenters. The monoisotopic (exact) mass is 464 g/mol. The molecule has 4 N–H and O–H groups in total. The molecule has 2 aromatic heterocycles. The molecule has 168 valence electrons. The van der Waals surface area contributed by atoms with Crippen molar-refractivity contribution in [2.75, 3.05) is 17.2 Å². The van der Waals surface area contributed by atoms with Crippen molar-refractivity contribution in [2.24, 2.45) is 5.14 Å². The number of pyridine rings is 1. The summed E-state index contributed by atoms with van der Waals surface area (Å²) in [6, 6.07) is 17.9. The first-order chi connectivity index (χ1) is 15.9. The van der Waals surface area contributed by atoms with Gasteiger partial charge in [0.25, 0.3) is 0 Å². The number of benzene rings is 2. The van der Waals surface area contributed by atoms with Crippen LogP contribution in [0.3, 0.4) is 0 Å². The number of anilines is 3. The van der Waals surface area contributed by atoms with Crippen molar-refractivity contribution in [1.29, 1.82) is 0 Å². The van der Waals surface area contributed by atoms with Crippen LogP contribution in [0.5, 0.6) is 0 Å². The topological polar surface area (TPSA) is 123 Å². The molecule has 0 fully saturated rings. The van der Waals surface area contributed by atoms with Crippen LogP contribution >= 0.6 is 0 Å². The Labute approximate surface area is 190 Å². The van der Waals surface area contributed by atoms with Gasteiger partial charge in [-0.3, -0.25) is 4.98 Å². The average Bonchev–Trinajstić information content (AvgIpc) is 2.82. The van der Waals surface area contributed by atoms with Gasteiger partial charge in [0.05, 0.1) is 11.1 Å². The standard InChI is InChI=1S/C23H21FN6O2S/c24-21-15-28-23(29-19-2-1-3-20(14-19)33(25,31)32)30-22(21)27-13-8-16-4-6-17(7-5-16)18-9-11-26-12-10-18/h1-7,9-12,14-15H,8,13H2,(H2,25,31,32)(H2,27,28,29,30). The van der Waals surface area contributed by atoms with E-state index in [2.05, 4.69) is 25.6 Å². The normalized spacial score (nSPS) is 11.2. The fraction of sp³-hybridized carbons (Fsp3) is 0.0870. The van der Waals surface area contributed by atoms with E-state index in [-0.39, 0.29) is 16.7 Å². The van der Waals surface area contributed by atoms with Crippen LogP contribution in [0.2, 0.25) is 0 Å². The molecule has 2 aromatic carbocycles. The minimum Gasteiger partial charge on any atom is -0.367 e. The van der Waals surface area contributed by atoms with E-state index in [1.165, 1.54) is 18.2 Å². The first-order valence-corrected chi connectivity index (χ1v) is 11.6. The Balaban J connectivity index is 1.39. The highest BCUT2D eigenvalue weighted by Crippen LogP contribution is 2.21. The molecule has 4 rings (SSSR count). The third-order valence-corrected chi connectivity index (χ3v) is 5.75. The van der Waals surface area contributed by atoms with E-state index < -0.39 is 15.8 Å². The maximum atomic E-state index is 14.2. The number of primary sulfonamides is 1. The SMILES string of the molecule is NS(=O)(=O)c1cccc(Nc2ncc(F)c(NCCc3ccc(-c4ccncc4)cc3)n2)c1. The Bertz CT molecular complexity index is 1350. The number of aromatic nitrogens is 3. The lowest BCUT2D eigenvalue weighted by Crippen LogP contribution is -2.12. The number of nitrogens with two attached hydrogens (primary N) is 1. The van der Waals surface area contributed by atoms with Gasteiger partial charge in [-0.05, 0) is 53.4 Å². The molecular formula is C23H21FN6O2S. The number of rotatable bonds is 8. The van der Waals surface area contributed by atoms with Crippen molar-refractivity contribution < 1.29 is 12.8 Å². The quantitative estimate of drug-likeness (QED) is 0.363. The van der Waals surface area contributed by atoms with Crippen LogP contribution in [-0.2, 0) is 16.4 Å². The largest absolute Gasteiger partial charge is 0.367 e. The molecule has 0 bridgehead atoms. The molecule has 0 saturated carbocycles. The van der Waals surface area contributed by atoms with Crippen LogP contribution in [0.25, 0.3) is 11.1 Å². The maximum Gasteiger partial charge on any atom is 0.238 e. The lowest BCUT2D eigenvalue weighted by atomic mass is 10.0. The van der Waals surface area contributed by atoms with Gasteiger partial charge >= 0.3 is 0 Å². The van der Waals surface area contributed by atoms with Crippen LogP contribution in [0.15, 0.2) is 84.1 Å².